The molecule has 3 heterocycles. The third-order valence-corrected chi connectivity index (χ3v) is 5.99. The Labute approximate surface area is 132 Å². The van der Waals surface area contributed by atoms with Gasteiger partial charge in [0.25, 0.3) is 0 Å². The van der Waals surface area contributed by atoms with E-state index in [1.807, 2.05) is 19.1 Å². The van der Waals surface area contributed by atoms with Gasteiger partial charge in [-0.3, -0.25) is 10.1 Å². The van der Waals surface area contributed by atoms with E-state index < -0.39 is 10.0 Å². The highest BCUT2D eigenvalue weighted by molar-refractivity contribution is 7.91. The molecule has 3 rings (SSSR count). The fraction of sp³-hybridized carbons (Fsp3) is 0.143. The molecule has 0 spiro atoms. The molecule has 8 heteroatoms. The van der Waals surface area contributed by atoms with Gasteiger partial charge in [0, 0.05) is 24.6 Å². The van der Waals surface area contributed by atoms with E-state index in [2.05, 4.69) is 19.9 Å². The van der Waals surface area contributed by atoms with Crippen LogP contribution in [0.4, 0.5) is 0 Å². The van der Waals surface area contributed by atoms with E-state index >= 15 is 0 Å². The highest BCUT2D eigenvalue weighted by atomic mass is 32.2. The van der Waals surface area contributed by atoms with Gasteiger partial charge >= 0.3 is 0 Å². The van der Waals surface area contributed by atoms with Crippen molar-refractivity contribution in [3.05, 3.63) is 54.0 Å². The van der Waals surface area contributed by atoms with E-state index in [1.54, 1.807) is 30.6 Å². The molecule has 0 saturated carbocycles. The number of sulfonamides is 1. The number of rotatable bonds is 5. The van der Waals surface area contributed by atoms with Crippen LogP contribution in [0.25, 0.3) is 10.6 Å². The van der Waals surface area contributed by atoms with Gasteiger partial charge in [-0.1, -0.05) is 6.07 Å². The maximum Gasteiger partial charge on any atom is 0.250 e. The number of thiophene rings is 1. The van der Waals surface area contributed by atoms with E-state index in [0.717, 1.165) is 21.8 Å². The first-order valence-electron chi connectivity index (χ1n) is 6.55. The Bertz CT molecular complexity index is 869. The van der Waals surface area contributed by atoms with Crippen molar-refractivity contribution in [1.82, 2.24) is 19.9 Å². The summed E-state index contributed by atoms with van der Waals surface area (Å²) >= 11 is 1.19. The Balaban J connectivity index is 1.77. The maximum atomic E-state index is 12.3. The third-order valence-electron chi connectivity index (χ3n) is 2.99. The minimum atomic E-state index is -3.54. The molecule has 0 aliphatic carbocycles. The Kier molecular flexibility index (Phi) is 4.06. The van der Waals surface area contributed by atoms with Crippen LogP contribution in [0.3, 0.4) is 0 Å². The normalized spacial score (nSPS) is 11.7. The molecule has 3 aromatic rings. The molecule has 22 heavy (non-hydrogen) atoms. The molecule has 114 valence electrons. The summed E-state index contributed by atoms with van der Waals surface area (Å²) in [7, 11) is -3.54. The predicted octanol–water partition coefficient (Wildman–Crippen LogP) is 2.32. The van der Waals surface area contributed by atoms with Crippen molar-refractivity contribution in [2.45, 2.75) is 17.7 Å². The summed E-state index contributed by atoms with van der Waals surface area (Å²) in [4.78, 5) is 4.77. The molecule has 2 N–H and O–H groups in total. The Hall–Kier alpha value is -2.03. The standard InChI is InChI=1S/C14H14N4O2S2/c1-10-7-12(18-17-10)13-4-5-14(21-13)22(19,20)16-9-11-3-2-6-15-8-11/h2-8,16H,9H2,1H3,(H,17,18). The summed E-state index contributed by atoms with van der Waals surface area (Å²) in [5, 5.41) is 6.98. The summed E-state index contributed by atoms with van der Waals surface area (Å²) in [6.45, 7) is 2.11. The average molecular weight is 334 g/mol. The van der Waals surface area contributed by atoms with Crippen molar-refractivity contribution in [3.8, 4) is 10.6 Å². The van der Waals surface area contributed by atoms with Crippen LogP contribution >= 0.6 is 11.3 Å². The van der Waals surface area contributed by atoms with Crippen molar-refractivity contribution in [2.75, 3.05) is 0 Å². The molecule has 0 atom stereocenters. The average Bonchev–Trinajstić information content (AvgIpc) is 3.15. The largest absolute Gasteiger partial charge is 0.282 e. The minimum Gasteiger partial charge on any atom is -0.282 e. The van der Waals surface area contributed by atoms with Crippen LogP contribution in [0.1, 0.15) is 11.3 Å². The van der Waals surface area contributed by atoms with Gasteiger partial charge in [-0.25, -0.2) is 13.1 Å². The highest BCUT2D eigenvalue weighted by Gasteiger charge is 2.17. The first-order chi connectivity index (χ1) is 10.5. The molecule has 0 aliphatic rings. The van der Waals surface area contributed by atoms with Crippen molar-refractivity contribution < 1.29 is 8.42 Å². The smallest absolute Gasteiger partial charge is 0.250 e. The number of pyridine rings is 1. The summed E-state index contributed by atoms with van der Waals surface area (Å²) in [5.41, 5.74) is 2.49. The number of hydrogen-bond acceptors (Lipinski definition) is 5. The van der Waals surface area contributed by atoms with E-state index in [4.69, 9.17) is 0 Å². The lowest BCUT2D eigenvalue weighted by molar-refractivity contribution is 0.583. The van der Waals surface area contributed by atoms with E-state index in [1.165, 1.54) is 11.3 Å². The molecule has 3 aromatic heterocycles. The second-order valence-electron chi connectivity index (χ2n) is 4.74. The fourth-order valence-electron chi connectivity index (χ4n) is 1.90. The summed E-state index contributed by atoms with van der Waals surface area (Å²) < 4.78 is 27.5. The molecule has 0 aliphatic heterocycles. The number of aryl methyl sites for hydroxylation is 1. The quantitative estimate of drug-likeness (QED) is 0.749. The summed E-state index contributed by atoms with van der Waals surface area (Å²) in [6, 6.07) is 8.83. The Morgan fingerprint density at radius 3 is 2.86 bits per heavy atom. The van der Waals surface area contributed by atoms with Crippen LogP contribution < -0.4 is 4.72 Å². The topological polar surface area (TPSA) is 87.7 Å². The molecular formula is C14H14N4O2S2. The van der Waals surface area contributed by atoms with Gasteiger partial charge in [-0.15, -0.1) is 11.3 Å². The van der Waals surface area contributed by atoms with Gasteiger partial charge in [0.2, 0.25) is 10.0 Å². The minimum absolute atomic E-state index is 0.213. The van der Waals surface area contributed by atoms with E-state index in [9.17, 15) is 8.42 Å². The Morgan fingerprint density at radius 2 is 2.18 bits per heavy atom. The first kappa shape index (κ1) is 14.9. The zero-order valence-electron chi connectivity index (χ0n) is 11.8. The van der Waals surface area contributed by atoms with Crippen LogP contribution in [0.2, 0.25) is 0 Å². The third kappa shape index (κ3) is 3.24. The van der Waals surface area contributed by atoms with E-state index in [0.29, 0.717) is 0 Å². The number of hydrogen-bond donors (Lipinski definition) is 2. The van der Waals surface area contributed by atoms with Crippen LogP contribution in [-0.4, -0.2) is 23.6 Å². The van der Waals surface area contributed by atoms with Crippen molar-refractivity contribution >= 4 is 21.4 Å². The molecule has 0 amide bonds. The van der Waals surface area contributed by atoms with Gasteiger partial charge in [0.15, 0.2) is 0 Å². The monoisotopic (exact) mass is 334 g/mol. The number of nitrogens with one attached hydrogen (secondary N) is 2. The number of H-pyrrole nitrogens is 1. The van der Waals surface area contributed by atoms with Crippen LogP contribution in [0, 0.1) is 6.92 Å². The molecule has 0 aromatic carbocycles. The number of nitrogens with zero attached hydrogens (tertiary/aromatic N) is 2. The van der Waals surface area contributed by atoms with Gasteiger partial charge < -0.3 is 0 Å². The van der Waals surface area contributed by atoms with E-state index in [-0.39, 0.29) is 10.8 Å². The highest BCUT2D eigenvalue weighted by Crippen LogP contribution is 2.29. The number of aromatic nitrogens is 3. The Morgan fingerprint density at radius 1 is 1.32 bits per heavy atom. The molecular weight excluding hydrogens is 320 g/mol. The van der Waals surface area contributed by atoms with Crippen molar-refractivity contribution in [2.24, 2.45) is 0 Å². The summed E-state index contributed by atoms with van der Waals surface area (Å²) in [6.07, 6.45) is 3.28. The van der Waals surface area contributed by atoms with Gasteiger partial charge in [-0.2, -0.15) is 5.10 Å². The van der Waals surface area contributed by atoms with Crippen molar-refractivity contribution in [1.29, 1.82) is 0 Å². The second kappa shape index (κ2) is 5.99. The zero-order chi connectivity index (χ0) is 15.6. The van der Waals surface area contributed by atoms with Crippen LogP contribution in [0.5, 0.6) is 0 Å². The van der Waals surface area contributed by atoms with Gasteiger partial charge in [0.05, 0.1) is 4.88 Å². The predicted molar refractivity (Wildman–Crippen MR) is 84.9 cm³/mol. The molecule has 0 saturated heterocycles. The lowest BCUT2D eigenvalue weighted by atomic mass is 10.3. The van der Waals surface area contributed by atoms with Crippen LogP contribution in [-0.2, 0) is 16.6 Å². The fourth-order valence-corrected chi connectivity index (χ4v) is 4.23. The second-order valence-corrected chi connectivity index (χ2v) is 7.82. The zero-order valence-corrected chi connectivity index (χ0v) is 13.4. The lowest BCUT2D eigenvalue weighted by Crippen LogP contribution is -2.22. The molecule has 0 unspecified atom stereocenters. The molecule has 0 fully saturated rings. The van der Waals surface area contributed by atoms with Crippen molar-refractivity contribution in [3.63, 3.8) is 0 Å². The molecule has 0 radical (unpaired) electrons. The molecule has 0 bridgehead atoms. The molecule has 6 nitrogen and oxygen atoms in total. The van der Waals surface area contributed by atoms with Crippen LogP contribution in [0.15, 0.2) is 46.9 Å². The lowest BCUT2D eigenvalue weighted by Gasteiger charge is -2.04. The summed E-state index contributed by atoms with van der Waals surface area (Å²) in [5.74, 6) is 0. The number of aromatic amines is 1. The van der Waals surface area contributed by atoms with Gasteiger partial charge in [-0.05, 0) is 36.8 Å². The first-order valence-corrected chi connectivity index (χ1v) is 8.85. The van der Waals surface area contributed by atoms with Gasteiger partial charge in [0.1, 0.15) is 9.90 Å². The SMILES string of the molecule is Cc1cc(-c2ccc(S(=O)(=O)NCc3cccnc3)s2)n[nH]1. The maximum absolute atomic E-state index is 12.3.